The molecule has 0 bridgehead atoms. The molecule has 0 aliphatic carbocycles. The zero-order valence-corrected chi connectivity index (χ0v) is 13.3. The van der Waals surface area contributed by atoms with Crippen LogP contribution in [0.4, 0.5) is 0 Å². The summed E-state index contributed by atoms with van der Waals surface area (Å²) in [5.74, 6) is 1.46. The second-order valence-electron chi connectivity index (χ2n) is 4.97. The minimum atomic E-state index is 0.512. The second-order valence-corrected chi connectivity index (χ2v) is 4.97. The van der Waals surface area contributed by atoms with E-state index in [0.717, 1.165) is 43.4 Å². The molecule has 1 heterocycles. The zero-order valence-electron chi connectivity index (χ0n) is 13.3. The van der Waals surface area contributed by atoms with Gasteiger partial charge < -0.3 is 14.8 Å². The van der Waals surface area contributed by atoms with Gasteiger partial charge in [-0.05, 0) is 6.54 Å². The summed E-state index contributed by atoms with van der Waals surface area (Å²) < 4.78 is 10.7. The number of hydrogen-bond donors (Lipinski definition) is 1. The van der Waals surface area contributed by atoms with Crippen molar-refractivity contribution in [3.8, 4) is 11.5 Å². The maximum Gasteiger partial charge on any atom is 0.183 e. The lowest BCUT2D eigenvalue weighted by Crippen LogP contribution is -2.34. The van der Waals surface area contributed by atoms with Gasteiger partial charge in [0, 0.05) is 37.9 Å². The van der Waals surface area contributed by atoms with Crippen molar-refractivity contribution in [1.82, 2.24) is 15.2 Å². The maximum atomic E-state index is 5.43. The number of nitrogens with one attached hydrogen (secondary N) is 1. The third kappa shape index (κ3) is 4.98. The molecular formula is C15H27N3O2. The normalized spacial score (nSPS) is 11.2. The van der Waals surface area contributed by atoms with E-state index in [1.54, 1.807) is 20.4 Å². The Bertz CT molecular complexity index is 397. The van der Waals surface area contributed by atoms with Gasteiger partial charge in [-0.3, -0.25) is 9.88 Å². The molecule has 1 aromatic heterocycles. The van der Waals surface area contributed by atoms with E-state index in [9.17, 15) is 0 Å². The van der Waals surface area contributed by atoms with E-state index in [0.29, 0.717) is 6.04 Å². The van der Waals surface area contributed by atoms with E-state index < -0.39 is 0 Å². The summed E-state index contributed by atoms with van der Waals surface area (Å²) in [4.78, 5) is 6.76. The van der Waals surface area contributed by atoms with Crippen molar-refractivity contribution in [1.29, 1.82) is 0 Å². The summed E-state index contributed by atoms with van der Waals surface area (Å²) in [6.45, 7) is 10.2. The van der Waals surface area contributed by atoms with Gasteiger partial charge in [-0.2, -0.15) is 0 Å². The molecular weight excluding hydrogens is 254 g/mol. The molecule has 1 aromatic rings. The molecule has 0 unspecified atom stereocenters. The van der Waals surface area contributed by atoms with Crippen LogP contribution in [0.3, 0.4) is 0 Å². The number of aromatic nitrogens is 1. The lowest BCUT2D eigenvalue weighted by molar-refractivity contribution is 0.264. The zero-order chi connectivity index (χ0) is 15.0. The van der Waals surface area contributed by atoms with E-state index in [1.807, 2.05) is 6.07 Å². The highest BCUT2D eigenvalue weighted by Crippen LogP contribution is 2.29. The summed E-state index contributed by atoms with van der Waals surface area (Å²) in [7, 11) is 3.30. The summed E-state index contributed by atoms with van der Waals surface area (Å²) >= 11 is 0. The molecule has 0 spiro atoms. The van der Waals surface area contributed by atoms with E-state index in [-0.39, 0.29) is 0 Å². The summed E-state index contributed by atoms with van der Waals surface area (Å²) in [6.07, 6.45) is 1.76. The van der Waals surface area contributed by atoms with E-state index in [2.05, 4.69) is 36.0 Å². The molecule has 20 heavy (non-hydrogen) atoms. The quantitative estimate of drug-likeness (QED) is 0.749. The maximum absolute atomic E-state index is 5.43. The first kappa shape index (κ1) is 16.7. The number of rotatable bonds is 9. The standard InChI is InChI=1S/C15H27N3O2/c1-6-18(10-9-16-12(2)3)11-13-15(20-5)14(19-4)7-8-17-13/h7-8,12,16H,6,9-11H2,1-5H3. The minimum absolute atomic E-state index is 0.512. The molecule has 0 radical (unpaired) electrons. The van der Waals surface area contributed by atoms with Crippen LogP contribution in [-0.4, -0.2) is 49.8 Å². The largest absolute Gasteiger partial charge is 0.493 e. The fourth-order valence-corrected chi connectivity index (χ4v) is 2.04. The van der Waals surface area contributed by atoms with Gasteiger partial charge in [0.1, 0.15) is 5.69 Å². The second kappa shape index (κ2) is 8.76. The first-order valence-corrected chi connectivity index (χ1v) is 7.13. The Morgan fingerprint density at radius 3 is 2.60 bits per heavy atom. The van der Waals surface area contributed by atoms with E-state index in [4.69, 9.17) is 9.47 Å². The minimum Gasteiger partial charge on any atom is -0.493 e. The monoisotopic (exact) mass is 281 g/mol. The first-order chi connectivity index (χ1) is 9.62. The molecule has 0 aliphatic rings. The summed E-state index contributed by atoms with van der Waals surface area (Å²) in [5, 5.41) is 3.43. The number of methoxy groups -OCH3 is 2. The van der Waals surface area contributed by atoms with Gasteiger partial charge in [0.25, 0.3) is 0 Å². The van der Waals surface area contributed by atoms with E-state index >= 15 is 0 Å². The highest BCUT2D eigenvalue weighted by Gasteiger charge is 2.14. The van der Waals surface area contributed by atoms with Crippen LogP contribution in [-0.2, 0) is 6.54 Å². The van der Waals surface area contributed by atoms with Crippen LogP contribution in [0.25, 0.3) is 0 Å². The Kier molecular flexibility index (Phi) is 7.33. The smallest absolute Gasteiger partial charge is 0.183 e. The molecule has 0 aliphatic heterocycles. The van der Waals surface area contributed by atoms with Crippen molar-refractivity contribution < 1.29 is 9.47 Å². The van der Waals surface area contributed by atoms with Gasteiger partial charge in [0.15, 0.2) is 11.5 Å². The third-order valence-electron chi connectivity index (χ3n) is 3.17. The van der Waals surface area contributed by atoms with Gasteiger partial charge >= 0.3 is 0 Å². The average Bonchev–Trinajstić information content (AvgIpc) is 2.45. The number of pyridine rings is 1. The fraction of sp³-hybridized carbons (Fsp3) is 0.667. The number of hydrogen-bond acceptors (Lipinski definition) is 5. The third-order valence-corrected chi connectivity index (χ3v) is 3.17. The van der Waals surface area contributed by atoms with Crippen LogP contribution in [0.5, 0.6) is 11.5 Å². The van der Waals surface area contributed by atoms with Crippen molar-refractivity contribution in [3.05, 3.63) is 18.0 Å². The average molecular weight is 281 g/mol. The Balaban J connectivity index is 2.69. The van der Waals surface area contributed by atoms with Crippen LogP contribution >= 0.6 is 0 Å². The predicted octanol–water partition coefficient (Wildman–Crippen LogP) is 1.92. The SMILES string of the molecule is CCN(CCNC(C)C)Cc1nccc(OC)c1OC. The number of nitrogens with zero attached hydrogens (tertiary/aromatic N) is 2. The number of ether oxygens (including phenoxy) is 2. The Hall–Kier alpha value is -1.33. The molecule has 0 saturated carbocycles. The molecule has 1 N–H and O–H groups in total. The lowest BCUT2D eigenvalue weighted by Gasteiger charge is -2.22. The van der Waals surface area contributed by atoms with Crippen LogP contribution in [0.1, 0.15) is 26.5 Å². The van der Waals surface area contributed by atoms with Crippen molar-refractivity contribution >= 4 is 0 Å². The highest BCUT2D eigenvalue weighted by atomic mass is 16.5. The van der Waals surface area contributed by atoms with Crippen LogP contribution in [0, 0.1) is 0 Å². The van der Waals surface area contributed by atoms with Crippen LogP contribution in [0.2, 0.25) is 0 Å². The predicted molar refractivity (Wildman–Crippen MR) is 81.4 cm³/mol. The van der Waals surface area contributed by atoms with E-state index in [1.165, 1.54) is 0 Å². The molecule has 5 heteroatoms. The van der Waals surface area contributed by atoms with Crippen molar-refractivity contribution in [2.75, 3.05) is 33.9 Å². The first-order valence-electron chi connectivity index (χ1n) is 7.13. The fourth-order valence-electron chi connectivity index (χ4n) is 2.04. The lowest BCUT2D eigenvalue weighted by atomic mass is 10.2. The van der Waals surface area contributed by atoms with Gasteiger partial charge in [0.05, 0.1) is 14.2 Å². The molecule has 5 nitrogen and oxygen atoms in total. The summed E-state index contributed by atoms with van der Waals surface area (Å²) in [6, 6.07) is 2.33. The molecule has 0 fully saturated rings. The highest BCUT2D eigenvalue weighted by molar-refractivity contribution is 5.42. The molecule has 0 atom stereocenters. The van der Waals surface area contributed by atoms with Gasteiger partial charge in [-0.25, -0.2) is 0 Å². The molecule has 0 saturated heterocycles. The summed E-state index contributed by atoms with van der Waals surface area (Å²) in [5.41, 5.74) is 0.915. The molecule has 1 rings (SSSR count). The topological polar surface area (TPSA) is 46.6 Å². The van der Waals surface area contributed by atoms with Crippen LogP contribution in [0.15, 0.2) is 12.3 Å². The Morgan fingerprint density at radius 1 is 1.30 bits per heavy atom. The van der Waals surface area contributed by atoms with Gasteiger partial charge in [-0.1, -0.05) is 20.8 Å². The van der Waals surface area contributed by atoms with Crippen molar-refractivity contribution in [2.24, 2.45) is 0 Å². The number of likely N-dealkylation sites (N-methyl/N-ethyl adjacent to an activating group) is 1. The van der Waals surface area contributed by atoms with Gasteiger partial charge in [0.2, 0.25) is 0 Å². The Morgan fingerprint density at radius 2 is 2.05 bits per heavy atom. The Labute approximate surface area is 122 Å². The van der Waals surface area contributed by atoms with Crippen molar-refractivity contribution in [3.63, 3.8) is 0 Å². The van der Waals surface area contributed by atoms with Gasteiger partial charge in [-0.15, -0.1) is 0 Å². The molecule has 114 valence electrons. The van der Waals surface area contributed by atoms with Crippen molar-refractivity contribution in [2.45, 2.75) is 33.4 Å². The van der Waals surface area contributed by atoms with Crippen LogP contribution < -0.4 is 14.8 Å². The molecule has 0 aromatic carbocycles. The molecule has 0 amide bonds.